The quantitative estimate of drug-likeness (QED) is 0.315. The van der Waals surface area contributed by atoms with E-state index in [1.165, 1.54) is 16.7 Å². The van der Waals surface area contributed by atoms with Gasteiger partial charge >= 0.3 is 151 Å². The minimum atomic E-state index is -2.05. The fourth-order valence-electron chi connectivity index (χ4n) is 2.70. The molecule has 0 fully saturated rings. The summed E-state index contributed by atoms with van der Waals surface area (Å²) in [6, 6.07) is 16.6. The summed E-state index contributed by atoms with van der Waals surface area (Å²) < 4.78 is 4.00. The normalized spacial score (nSPS) is 13.9. The van der Waals surface area contributed by atoms with Crippen LogP contribution in [0.1, 0.15) is 30.5 Å². The van der Waals surface area contributed by atoms with Crippen molar-refractivity contribution >= 4 is 29.1 Å². The zero-order valence-corrected chi connectivity index (χ0v) is 16.2. The Balaban J connectivity index is 2.24. The molecule has 1 aliphatic carbocycles. The number of halogens is 2. The molecule has 0 bridgehead atoms. The molecule has 1 aliphatic rings. The molecule has 0 atom stereocenters. The summed E-state index contributed by atoms with van der Waals surface area (Å²) in [4.78, 5) is 0. The first-order valence-electron chi connectivity index (χ1n) is 7.31. The van der Waals surface area contributed by atoms with Crippen LogP contribution in [0.5, 0.6) is 5.75 Å². The van der Waals surface area contributed by atoms with Gasteiger partial charge in [0.2, 0.25) is 0 Å². The first-order valence-corrected chi connectivity index (χ1v) is 12.7. The van der Waals surface area contributed by atoms with E-state index in [4.69, 9.17) is 19.4 Å². The number of fused-ring (bicyclic) bond motifs is 1. The van der Waals surface area contributed by atoms with Crippen LogP contribution in [0.25, 0.3) is 5.57 Å². The first kappa shape index (κ1) is 16.9. The van der Waals surface area contributed by atoms with Crippen LogP contribution in [0, 0.1) is 7.11 Å². The number of benzene rings is 2. The molecule has 0 unspecified atom stereocenters. The third-order valence-corrected chi connectivity index (χ3v) is 6.99. The average Bonchev–Trinajstić information content (AvgIpc) is 2.94. The molecule has 0 spiro atoms. The van der Waals surface area contributed by atoms with Crippen LogP contribution < -0.4 is 0 Å². The van der Waals surface area contributed by atoms with E-state index < -0.39 is 13.5 Å². The van der Waals surface area contributed by atoms with E-state index >= 15 is 0 Å². The van der Waals surface area contributed by atoms with Gasteiger partial charge < -0.3 is 0 Å². The Morgan fingerprint density at radius 2 is 1.70 bits per heavy atom. The molecule has 122 valence electrons. The topological polar surface area (TPSA) is 2.70 Å². The number of allylic oxidation sites excluding steroid dienone is 1. The van der Waals surface area contributed by atoms with E-state index in [-0.39, 0.29) is 6.10 Å². The number of rotatable bonds is 3. The summed E-state index contributed by atoms with van der Waals surface area (Å²) in [7, 11) is 16.9. The Kier molecular flexibility index (Phi) is 5.06. The van der Waals surface area contributed by atoms with Crippen LogP contribution in [0.4, 0.5) is 0 Å². The van der Waals surface area contributed by atoms with Gasteiger partial charge in [0.25, 0.3) is 0 Å². The molecule has 0 amide bonds. The standard InChI is InChI=1S/C19H18O.2ClH.Ru/c1-14(2)20(3)19-11-7-10-17-16(12-13-18(17)19)15-8-5-4-6-9-15;;;/h4-12,14H,3H2,1-2H3;2*1H;/q;;;+2/p-2. The van der Waals surface area contributed by atoms with Crippen molar-refractivity contribution in [2.24, 2.45) is 0 Å². The van der Waals surface area contributed by atoms with Gasteiger partial charge in [0, 0.05) is 0 Å². The van der Waals surface area contributed by atoms with E-state index in [0.717, 1.165) is 15.4 Å². The molecule has 2 aromatic carbocycles. The fourth-order valence-corrected chi connectivity index (χ4v) is 5.17. The van der Waals surface area contributed by atoms with Crippen LogP contribution in [-0.4, -0.2) is 10.2 Å². The zero-order valence-electron chi connectivity index (χ0n) is 13.0. The SMILES string of the molecule is [CH2-][O+](c1cccc2c1[C](=[Ru]([Cl])[Cl])C=C2c1ccccc1)C(C)C. The second-order valence-corrected chi connectivity index (χ2v) is 11.4. The van der Waals surface area contributed by atoms with Gasteiger partial charge in [-0.1, -0.05) is 0 Å². The summed E-state index contributed by atoms with van der Waals surface area (Å²) in [6.07, 6.45) is 2.37. The van der Waals surface area contributed by atoms with Crippen molar-refractivity contribution in [2.75, 3.05) is 0 Å². The third-order valence-electron chi connectivity index (χ3n) is 3.90. The molecule has 0 saturated carbocycles. The summed E-state index contributed by atoms with van der Waals surface area (Å²) in [5.41, 5.74) is 4.64. The molecule has 0 saturated heterocycles. The van der Waals surface area contributed by atoms with E-state index in [1.54, 1.807) is 0 Å². The zero-order chi connectivity index (χ0) is 16.6. The Hall–Kier alpha value is -0.947. The average molecular weight is 434 g/mol. The molecule has 0 N–H and O–H groups in total. The molecule has 2 aromatic rings. The van der Waals surface area contributed by atoms with Gasteiger partial charge in [0.1, 0.15) is 0 Å². The second kappa shape index (κ2) is 6.89. The van der Waals surface area contributed by atoms with Crippen molar-refractivity contribution < 1.29 is 17.9 Å². The predicted molar refractivity (Wildman–Crippen MR) is 96.8 cm³/mol. The summed E-state index contributed by atoms with van der Waals surface area (Å²) in [6.45, 7) is 4.18. The van der Waals surface area contributed by atoms with Crippen LogP contribution in [0.3, 0.4) is 0 Å². The van der Waals surface area contributed by atoms with Gasteiger partial charge in [0.15, 0.2) is 0 Å². The first-order chi connectivity index (χ1) is 11.0. The molecule has 1 nitrogen and oxygen atoms in total. The van der Waals surface area contributed by atoms with Crippen LogP contribution >= 0.6 is 19.4 Å². The molecular weight excluding hydrogens is 416 g/mol. The van der Waals surface area contributed by atoms with Crippen LogP contribution in [-0.2, 0) is 17.9 Å². The van der Waals surface area contributed by atoms with Gasteiger partial charge in [-0.3, -0.25) is 0 Å². The number of hydrogen-bond acceptors (Lipinski definition) is 0. The maximum atomic E-state index is 6.40. The van der Waals surface area contributed by atoms with E-state index in [0.29, 0.717) is 0 Å². The van der Waals surface area contributed by atoms with Crippen molar-refractivity contribution in [3.05, 3.63) is 78.4 Å². The van der Waals surface area contributed by atoms with Gasteiger partial charge in [-0.15, -0.1) is 0 Å². The van der Waals surface area contributed by atoms with Crippen molar-refractivity contribution in [3.8, 4) is 5.75 Å². The molecule has 3 rings (SSSR count). The molecule has 0 aromatic heterocycles. The predicted octanol–water partition coefficient (Wildman–Crippen LogP) is 6.04. The molecule has 4 heteroatoms. The third kappa shape index (κ3) is 3.18. The molecule has 0 aliphatic heterocycles. The summed E-state index contributed by atoms with van der Waals surface area (Å²) in [5, 5.41) is 0. The Bertz CT molecular complexity index is 790. The van der Waals surface area contributed by atoms with Gasteiger partial charge in [-0.2, -0.15) is 0 Å². The van der Waals surface area contributed by atoms with Crippen molar-refractivity contribution in [2.45, 2.75) is 20.0 Å². The van der Waals surface area contributed by atoms with Crippen LogP contribution in [0.15, 0.2) is 54.6 Å². The summed E-state index contributed by atoms with van der Waals surface area (Å²) in [5.74, 6) is 1.01. The van der Waals surface area contributed by atoms with Crippen LogP contribution in [0.2, 0.25) is 0 Å². The van der Waals surface area contributed by atoms with Gasteiger partial charge in [0.05, 0.1) is 0 Å². The van der Waals surface area contributed by atoms with E-state index in [1.807, 2.05) is 18.2 Å². The van der Waals surface area contributed by atoms with Crippen molar-refractivity contribution in [1.82, 2.24) is 0 Å². The van der Waals surface area contributed by atoms with E-state index in [9.17, 15) is 0 Å². The minimum absolute atomic E-state index is 0.217. The monoisotopic (exact) mass is 434 g/mol. The van der Waals surface area contributed by atoms with Gasteiger partial charge in [-0.05, 0) is 0 Å². The van der Waals surface area contributed by atoms with E-state index in [2.05, 4.69) is 61.7 Å². The molecule has 0 radical (unpaired) electrons. The second-order valence-electron chi connectivity index (χ2n) is 5.60. The van der Waals surface area contributed by atoms with Gasteiger partial charge in [-0.25, -0.2) is 0 Å². The maximum absolute atomic E-state index is 6.40. The Morgan fingerprint density at radius 1 is 1.00 bits per heavy atom. The molecule has 23 heavy (non-hydrogen) atoms. The number of hydrogen-bond donors (Lipinski definition) is 0. The Labute approximate surface area is 150 Å². The fraction of sp³-hybridized carbons (Fsp3) is 0.158. The van der Waals surface area contributed by atoms with Crippen molar-refractivity contribution in [1.29, 1.82) is 0 Å². The summed E-state index contributed by atoms with van der Waals surface area (Å²) >= 11 is -2.05. The Morgan fingerprint density at radius 3 is 2.30 bits per heavy atom. The molecular formula is C19H18Cl2ORu. The van der Waals surface area contributed by atoms with Crippen molar-refractivity contribution in [3.63, 3.8) is 0 Å². The molecule has 0 heterocycles.